The summed E-state index contributed by atoms with van der Waals surface area (Å²) in [5.41, 5.74) is 0.334. The summed E-state index contributed by atoms with van der Waals surface area (Å²) < 4.78 is 7.12. The number of hydrogen-bond donors (Lipinski definition) is 3. The number of aryl methyl sites for hydroxylation is 1. The highest BCUT2D eigenvalue weighted by molar-refractivity contribution is 5.97. The molecule has 2 spiro atoms. The molecule has 222 valence electrons. The standard InChI is InChI=1S/C30H37N7O5/c1-16-11-19(26(40)37-23(16)25(39)35-30(37)9-7-29(5-6-29)8-10-30)33-20-12-21(32-15-31-20)34-24(38)22-17-13-36(14-18(17)22)27(41)42-28(2,3)4/h11-12,15,17-18,22H,5-10,13-14H2,1-4H3,(H,35,39)(H2,31,32,33,34,38)/t17-,18+,22?. The zero-order valence-electron chi connectivity index (χ0n) is 24.5. The van der Waals surface area contributed by atoms with E-state index in [0.717, 1.165) is 25.7 Å². The molecule has 3 atom stereocenters. The number of aromatic nitrogens is 3. The molecule has 7 rings (SSSR count). The number of anilines is 3. The third-order valence-electron chi connectivity index (χ3n) is 9.81. The van der Waals surface area contributed by atoms with E-state index in [0.29, 0.717) is 47.1 Å². The maximum atomic E-state index is 13.8. The molecule has 0 radical (unpaired) electrons. The van der Waals surface area contributed by atoms with Gasteiger partial charge in [-0.3, -0.25) is 19.0 Å². The lowest BCUT2D eigenvalue weighted by atomic mass is 9.79. The van der Waals surface area contributed by atoms with Crippen LogP contribution in [0.1, 0.15) is 75.3 Å². The number of nitrogens with one attached hydrogen (secondary N) is 3. The van der Waals surface area contributed by atoms with Gasteiger partial charge in [0.2, 0.25) is 5.91 Å². The van der Waals surface area contributed by atoms with Crippen molar-refractivity contribution in [2.75, 3.05) is 23.7 Å². The normalized spacial score (nSPS) is 26.0. The fourth-order valence-electron chi connectivity index (χ4n) is 7.30. The Bertz CT molecular complexity index is 1550. The fraction of sp³-hybridized carbons (Fsp3) is 0.600. The van der Waals surface area contributed by atoms with E-state index in [9.17, 15) is 19.2 Å². The van der Waals surface area contributed by atoms with Gasteiger partial charge in [0.15, 0.2) is 0 Å². The van der Waals surface area contributed by atoms with E-state index in [-0.39, 0.29) is 41.2 Å². The zero-order chi connectivity index (χ0) is 29.6. The van der Waals surface area contributed by atoms with Crippen molar-refractivity contribution in [3.05, 3.63) is 40.1 Å². The molecule has 3 amide bonds. The van der Waals surface area contributed by atoms with Gasteiger partial charge in [0.05, 0.1) is 0 Å². The quantitative estimate of drug-likeness (QED) is 0.502. The summed E-state index contributed by atoms with van der Waals surface area (Å²) in [6.07, 6.45) is 6.96. The third kappa shape index (κ3) is 4.51. The molecule has 3 aliphatic carbocycles. The van der Waals surface area contributed by atoms with Gasteiger partial charge in [-0.2, -0.15) is 0 Å². The molecule has 42 heavy (non-hydrogen) atoms. The number of ether oxygens (including phenoxy) is 1. The second kappa shape index (κ2) is 9.02. The minimum atomic E-state index is -0.689. The molecule has 4 heterocycles. The highest BCUT2D eigenvalue weighted by Crippen LogP contribution is 2.59. The molecule has 2 aromatic rings. The monoisotopic (exact) mass is 575 g/mol. The summed E-state index contributed by atoms with van der Waals surface area (Å²) in [7, 11) is 0. The van der Waals surface area contributed by atoms with Crippen LogP contribution < -0.4 is 21.5 Å². The fourth-order valence-corrected chi connectivity index (χ4v) is 7.30. The Labute approximate surface area is 243 Å². The number of piperidine rings is 1. The van der Waals surface area contributed by atoms with E-state index in [4.69, 9.17) is 4.74 Å². The van der Waals surface area contributed by atoms with Crippen LogP contribution in [-0.4, -0.2) is 56.0 Å². The molecule has 2 aliphatic heterocycles. The summed E-state index contributed by atoms with van der Waals surface area (Å²) in [5.74, 6) is 0.342. The van der Waals surface area contributed by atoms with Crippen LogP contribution in [0.5, 0.6) is 0 Å². The molecule has 2 aromatic heterocycles. The van der Waals surface area contributed by atoms with Crippen molar-refractivity contribution in [2.24, 2.45) is 23.2 Å². The van der Waals surface area contributed by atoms with Crippen LogP contribution in [-0.2, 0) is 15.2 Å². The Kier molecular flexibility index (Phi) is 5.78. The average molecular weight is 576 g/mol. The lowest BCUT2D eigenvalue weighted by Crippen LogP contribution is -2.50. The second-order valence-corrected chi connectivity index (χ2v) is 13.9. The first-order valence-corrected chi connectivity index (χ1v) is 14.8. The van der Waals surface area contributed by atoms with E-state index in [2.05, 4.69) is 25.9 Å². The third-order valence-corrected chi connectivity index (χ3v) is 9.81. The van der Waals surface area contributed by atoms with Gasteiger partial charge >= 0.3 is 6.09 Å². The Morgan fingerprint density at radius 1 is 1.00 bits per heavy atom. The Balaban J connectivity index is 1.04. The molecule has 12 nitrogen and oxygen atoms in total. The smallest absolute Gasteiger partial charge is 0.410 e. The average Bonchev–Trinajstić information content (AvgIpc) is 3.76. The van der Waals surface area contributed by atoms with E-state index in [1.54, 1.807) is 21.6 Å². The minimum Gasteiger partial charge on any atom is -0.444 e. The predicted octanol–water partition coefficient (Wildman–Crippen LogP) is 3.49. The number of pyridine rings is 1. The molecular formula is C30H37N7O5. The maximum Gasteiger partial charge on any atom is 0.410 e. The van der Waals surface area contributed by atoms with E-state index in [1.165, 1.54) is 19.2 Å². The molecule has 5 aliphatic rings. The number of carbonyl (C=O) groups excluding carboxylic acids is 3. The molecular weight excluding hydrogens is 538 g/mol. The van der Waals surface area contributed by atoms with Gasteiger partial charge < -0.3 is 25.6 Å². The molecule has 3 saturated carbocycles. The lowest BCUT2D eigenvalue weighted by molar-refractivity contribution is -0.118. The summed E-state index contributed by atoms with van der Waals surface area (Å²) in [6, 6.07) is 3.27. The molecule has 1 unspecified atom stereocenters. The number of fused-ring (bicyclic) bond motifs is 3. The number of hydrogen-bond acceptors (Lipinski definition) is 8. The lowest BCUT2D eigenvalue weighted by Gasteiger charge is -2.39. The highest BCUT2D eigenvalue weighted by atomic mass is 16.6. The van der Waals surface area contributed by atoms with Crippen LogP contribution in [0.2, 0.25) is 0 Å². The van der Waals surface area contributed by atoms with Crippen molar-refractivity contribution in [3.8, 4) is 0 Å². The first-order valence-electron chi connectivity index (χ1n) is 14.8. The Morgan fingerprint density at radius 2 is 1.64 bits per heavy atom. The molecule has 0 aromatic carbocycles. The van der Waals surface area contributed by atoms with Gasteiger partial charge in [-0.25, -0.2) is 14.8 Å². The zero-order valence-corrected chi connectivity index (χ0v) is 24.5. The summed E-state index contributed by atoms with van der Waals surface area (Å²) in [6.45, 7) is 8.32. The Hall–Kier alpha value is -3.96. The highest BCUT2D eigenvalue weighted by Gasteiger charge is 2.60. The summed E-state index contributed by atoms with van der Waals surface area (Å²) in [4.78, 5) is 62.3. The van der Waals surface area contributed by atoms with E-state index in [1.807, 2.05) is 27.7 Å². The first kappa shape index (κ1) is 26.9. The molecule has 12 heteroatoms. The topological polar surface area (TPSA) is 148 Å². The maximum absolute atomic E-state index is 13.8. The minimum absolute atomic E-state index is 0.101. The van der Waals surface area contributed by atoms with E-state index < -0.39 is 11.3 Å². The molecule has 1 saturated heterocycles. The number of rotatable bonds is 4. The first-order chi connectivity index (χ1) is 19.9. The van der Waals surface area contributed by atoms with Crippen LogP contribution in [0.15, 0.2) is 23.3 Å². The summed E-state index contributed by atoms with van der Waals surface area (Å²) >= 11 is 0. The van der Waals surface area contributed by atoms with E-state index >= 15 is 0 Å². The van der Waals surface area contributed by atoms with Crippen LogP contribution in [0.25, 0.3) is 0 Å². The van der Waals surface area contributed by atoms with Crippen molar-refractivity contribution >= 4 is 35.2 Å². The van der Waals surface area contributed by atoms with Gasteiger partial charge in [-0.05, 0) is 95.1 Å². The number of likely N-dealkylation sites (tertiary alicyclic amines) is 1. The van der Waals surface area contributed by atoms with Gasteiger partial charge in [0, 0.05) is 25.1 Å². The van der Waals surface area contributed by atoms with Crippen molar-refractivity contribution < 1.29 is 19.1 Å². The van der Waals surface area contributed by atoms with Crippen LogP contribution in [0.4, 0.5) is 22.1 Å². The SMILES string of the molecule is Cc1cc(Nc2cc(NC(=O)C3[C@H]4CN(C(=O)OC(C)(C)C)C[C@@H]34)ncn2)c(=O)n2c1C(=O)NC21CCC2(CC2)CC1. The van der Waals surface area contributed by atoms with Gasteiger partial charge in [-0.15, -0.1) is 0 Å². The molecule has 3 N–H and O–H groups in total. The predicted molar refractivity (Wildman–Crippen MR) is 153 cm³/mol. The van der Waals surface area contributed by atoms with Crippen molar-refractivity contribution in [2.45, 2.75) is 77.5 Å². The second-order valence-electron chi connectivity index (χ2n) is 13.9. The van der Waals surface area contributed by atoms with Gasteiger partial charge in [0.1, 0.15) is 40.6 Å². The number of nitrogens with zero attached hydrogens (tertiary/aromatic N) is 4. The largest absolute Gasteiger partial charge is 0.444 e. The number of amides is 3. The van der Waals surface area contributed by atoms with Crippen LogP contribution in [0.3, 0.4) is 0 Å². The van der Waals surface area contributed by atoms with Crippen molar-refractivity contribution in [1.29, 1.82) is 0 Å². The van der Waals surface area contributed by atoms with Gasteiger partial charge in [-0.1, -0.05) is 0 Å². The van der Waals surface area contributed by atoms with Crippen LogP contribution >= 0.6 is 0 Å². The van der Waals surface area contributed by atoms with Crippen molar-refractivity contribution in [1.82, 2.24) is 24.8 Å². The van der Waals surface area contributed by atoms with Crippen LogP contribution in [0, 0.1) is 30.1 Å². The molecule has 4 fully saturated rings. The van der Waals surface area contributed by atoms with Crippen molar-refractivity contribution in [3.63, 3.8) is 0 Å². The number of carbonyl (C=O) groups is 3. The van der Waals surface area contributed by atoms with Gasteiger partial charge in [0.25, 0.3) is 11.5 Å². The summed E-state index contributed by atoms with van der Waals surface area (Å²) in [5, 5.41) is 9.13. The molecule has 0 bridgehead atoms. The Morgan fingerprint density at radius 3 is 2.29 bits per heavy atom.